The Hall–Kier alpha value is -3.20. The van der Waals surface area contributed by atoms with E-state index in [1.165, 1.54) is 6.33 Å². The monoisotopic (exact) mass is 422 g/mol. The molecular weight excluding hydrogens is 399 g/mol. The van der Waals surface area contributed by atoms with E-state index in [2.05, 4.69) is 25.5 Å². The Morgan fingerprint density at radius 1 is 1.29 bits per heavy atom. The smallest absolute Gasteiger partial charge is 0.274 e. The highest BCUT2D eigenvalue weighted by Gasteiger charge is 2.50. The van der Waals surface area contributed by atoms with Gasteiger partial charge in [-0.25, -0.2) is 14.4 Å². The molecule has 160 valence electrons. The number of nitrogens with one attached hydrogen (secondary N) is 1. The second kappa shape index (κ2) is 7.49. The molecule has 2 aliphatic rings. The standard InChI is InChI=1S/C22H23FN6O2/c1-13-8-17(27-19(25-13)14-6-7-14)21(30)26-16-5-3-4-15(9-16)22(10-31-11-22)18(23)20-28-24-12-29(20)2/h3-5,8-9,12,14,18H,6-7,10-11H2,1-2H3,(H,26,30)/t18-/m1/s1. The Balaban J connectivity index is 1.40. The molecule has 1 amide bonds. The Morgan fingerprint density at radius 2 is 2.10 bits per heavy atom. The van der Waals surface area contributed by atoms with Gasteiger partial charge < -0.3 is 14.6 Å². The average Bonchev–Trinajstić information content (AvgIpc) is 3.48. The molecule has 5 rings (SSSR count). The van der Waals surface area contributed by atoms with Gasteiger partial charge in [-0.3, -0.25) is 4.79 Å². The van der Waals surface area contributed by atoms with Crippen molar-refractivity contribution in [3.05, 3.63) is 65.3 Å². The molecular formula is C22H23FN6O2. The lowest BCUT2D eigenvalue weighted by Gasteiger charge is -2.43. The number of amides is 1. The van der Waals surface area contributed by atoms with Gasteiger partial charge in [0.05, 0.1) is 18.6 Å². The number of hydrogen-bond donors (Lipinski definition) is 1. The summed E-state index contributed by atoms with van der Waals surface area (Å²) >= 11 is 0. The predicted molar refractivity (Wildman–Crippen MR) is 110 cm³/mol. The van der Waals surface area contributed by atoms with Crippen LogP contribution in [0.15, 0.2) is 36.7 Å². The number of ether oxygens (including phenoxy) is 1. The van der Waals surface area contributed by atoms with Gasteiger partial charge >= 0.3 is 0 Å². The largest absolute Gasteiger partial charge is 0.379 e. The molecule has 8 nitrogen and oxygen atoms in total. The van der Waals surface area contributed by atoms with Crippen LogP contribution in [0, 0.1) is 6.92 Å². The van der Waals surface area contributed by atoms with E-state index in [1.807, 2.05) is 13.0 Å². The fourth-order valence-corrected chi connectivity index (χ4v) is 3.88. The molecule has 31 heavy (non-hydrogen) atoms. The fourth-order valence-electron chi connectivity index (χ4n) is 3.88. The van der Waals surface area contributed by atoms with Crippen LogP contribution in [0.2, 0.25) is 0 Å². The molecule has 1 N–H and O–H groups in total. The maximum Gasteiger partial charge on any atom is 0.274 e. The van der Waals surface area contributed by atoms with E-state index in [4.69, 9.17) is 4.74 Å². The summed E-state index contributed by atoms with van der Waals surface area (Å²) in [5, 5.41) is 10.6. The minimum absolute atomic E-state index is 0.230. The zero-order valence-electron chi connectivity index (χ0n) is 17.4. The van der Waals surface area contributed by atoms with Gasteiger partial charge in [0.1, 0.15) is 17.8 Å². The van der Waals surface area contributed by atoms with Gasteiger partial charge in [0.2, 0.25) is 0 Å². The van der Waals surface area contributed by atoms with Crippen molar-refractivity contribution in [3.63, 3.8) is 0 Å². The minimum atomic E-state index is -1.38. The van der Waals surface area contributed by atoms with E-state index in [9.17, 15) is 4.79 Å². The number of nitrogens with zero attached hydrogens (tertiary/aromatic N) is 5. The first-order valence-electron chi connectivity index (χ1n) is 10.3. The van der Waals surface area contributed by atoms with E-state index < -0.39 is 11.6 Å². The number of halogens is 1. The van der Waals surface area contributed by atoms with Crippen molar-refractivity contribution in [1.82, 2.24) is 24.7 Å². The third-order valence-electron chi connectivity index (χ3n) is 5.92. The van der Waals surface area contributed by atoms with Crippen molar-refractivity contribution >= 4 is 11.6 Å². The summed E-state index contributed by atoms with van der Waals surface area (Å²) in [6.45, 7) is 2.32. The van der Waals surface area contributed by atoms with Crippen LogP contribution in [-0.4, -0.2) is 43.9 Å². The molecule has 0 spiro atoms. The molecule has 1 aliphatic heterocycles. The first-order chi connectivity index (χ1) is 15.0. The second-order valence-electron chi connectivity index (χ2n) is 8.37. The molecule has 1 aliphatic carbocycles. The highest BCUT2D eigenvalue weighted by atomic mass is 19.1. The molecule has 1 saturated heterocycles. The van der Waals surface area contributed by atoms with E-state index in [1.54, 1.807) is 35.9 Å². The van der Waals surface area contributed by atoms with E-state index in [0.29, 0.717) is 17.3 Å². The molecule has 9 heteroatoms. The highest BCUT2D eigenvalue weighted by molar-refractivity contribution is 6.03. The molecule has 1 saturated carbocycles. The number of carbonyl (C=O) groups is 1. The summed E-state index contributed by atoms with van der Waals surface area (Å²) in [7, 11) is 1.71. The maximum atomic E-state index is 15.5. The number of hydrogen-bond acceptors (Lipinski definition) is 6. The van der Waals surface area contributed by atoms with Gasteiger partial charge in [-0.15, -0.1) is 10.2 Å². The number of rotatable bonds is 6. The predicted octanol–water partition coefficient (Wildman–Crippen LogP) is 3.02. The van der Waals surface area contributed by atoms with Gasteiger partial charge in [-0.2, -0.15) is 0 Å². The van der Waals surface area contributed by atoms with Crippen LogP contribution < -0.4 is 5.32 Å². The first kappa shape index (κ1) is 19.7. The lowest BCUT2D eigenvalue weighted by molar-refractivity contribution is -0.102. The lowest BCUT2D eigenvalue weighted by atomic mass is 9.74. The minimum Gasteiger partial charge on any atom is -0.379 e. The van der Waals surface area contributed by atoms with Crippen LogP contribution in [0.1, 0.15) is 58.3 Å². The van der Waals surface area contributed by atoms with E-state index in [0.717, 1.165) is 29.9 Å². The van der Waals surface area contributed by atoms with Crippen molar-refractivity contribution in [1.29, 1.82) is 0 Å². The van der Waals surface area contributed by atoms with Crippen molar-refractivity contribution in [3.8, 4) is 0 Å². The maximum absolute atomic E-state index is 15.5. The number of benzene rings is 1. The summed E-state index contributed by atoms with van der Waals surface area (Å²) in [4.78, 5) is 21.7. The topological polar surface area (TPSA) is 94.8 Å². The molecule has 3 aromatic rings. The number of aromatic nitrogens is 5. The van der Waals surface area contributed by atoms with Crippen LogP contribution in [0.4, 0.5) is 10.1 Å². The second-order valence-corrected chi connectivity index (χ2v) is 8.37. The summed E-state index contributed by atoms with van der Waals surface area (Å²) in [5.74, 6) is 1.03. The van der Waals surface area contributed by atoms with Gasteiger partial charge in [0.25, 0.3) is 5.91 Å². The lowest BCUT2D eigenvalue weighted by Crippen LogP contribution is -2.50. The van der Waals surface area contributed by atoms with Crippen LogP contribution in [0.25, 0.3) is 0 Å². The zero-order chi connectivity index (χ0) is 21.6. The van der Waals surface area contributed by atoms with Gasteiger partial charge in [0.15, 0.2) is 12.0 Å². The SMILES string of the molecule is Cc1cc(C(=O)Nc2cccc(C3([C@H](F)c4nncn4C)COC3)c2)nc(C2CC2)n1. The van der Waals surface area contributed by atoms with Crippen LogP contribution in [-0.2, 0) is 17.2 Å². The van der Waals surface area contributed by atoms with Gasteiger partial charge in [-0.05, 0) is 43.5 Å². The van der Waals surface area contributed by atoms with Crippen molar-refractivity contribution in [2.75, 3.05) is 18.5 Å². The van der Waals surface area contributed by atoms with E-state index >= 15 is 4.39 Å². The average molecular weight is 422 g/mol. The Kier molecular flexibility index (Phi) is 4.77. The van der Waals surface area contributed by atoms with Crippen LogP contribution in [0.5, 0.6) is 0 Å². The molecule has 1 aromatic carbocycles. The van der Waals surface area contributed by atoms with Crippen molar-refractivity contribution in [2.45, 2.75) is 37.3 Å². The number of alkyl halides is 1. The highest BCUT2D eigenvalue weighted by Crippen LogP contribution is 2.45. The number of aryl methyl sites for hydroxylation is 2. The Labute approximate surface area is 178 Å². The van der Waals surface area contributed by atoms with Crippen LogP contribution >= 0.6 is 0 Å². The quantitative estimate of drug-likeness (QED) is 0.656. The first-order valence-corrected chi connectivity index (χ1v) is 10.3. The number of carbonyl (C=O) groups excluding carboxylic acids is 1. The molecule has 1 atom stereocenters. The normalized spacial score (nSPS) is 18.3. The summed E-state index contributed by atoms with van der Waals surface area (Å²) in [6.07, 6.45) is 2.22. The fraction of sp³-hybridized carbons (Fsp3) is 0.409. The third-order valence-corrected chi connectivity index (χ3v) is 5.92. The number of anilines is 1. The van der Waals surface area contributed by atoms with Gasteiger partial charge in [0, 0.05) is 24.3 Å². The Bertz CT molecular complexity index is 1140. The van der Waals surface area contributed by atoms with Crippen molar-refractivity contribution in [2.24, 2.45) is 7.05 Å². The molecule has 0 unspecified atom stereocenters. The Morgan fingerprint density at radius 3 is 2.74 bits per heavy atom. The van der Waals surface area contributed by atoms with Crippen molar-refractivity contribution < 1.29 is 13.9 Å². The summed E-state index contributed by atoms with van der Waals surface area (Å²) < 4.78 is 22.5. The summed E-state index contributed by atoms with van der Waals surface area (Å²) in [6, 6.07) is 8.90. The molecule has 0 bridgehead atoms. The van der Waals surface area contributed by atoms with E-state index in [-0.39, 0.29) is 24.9 Å². The van der Waals surface area contributed by atoms with Crippen LogP contribution in [0.3, 0.4) is 0 Å². The molecule has 0 radical (unpaired) electrons. The third kappa shape index (κ3) is 3.59. The van der Waals surface area contributed by atoms with Gasteiger partial charge in [-0.1, -0.05) is 12.1 Å². The molecule has 2 fully saturated rings. The molecule has 2 aromatic heterocycles. The molecule has 3 heterocycles. The summed E-state index contributed by atoms with van der Waals surface area (Å²) in [5.41, 5.74) is 1.55. The zero-order valence-corrected chi connectivity index (χ0v) is 17.4.